The van der Waals surface area contributed by atoms with Crippen LogP contribution in [-0.4, -0.2) is 29.5 Å². The van der Waals surface area contributed by atoms with Crippen LogP contribution in [0.15, 0.2) is 42.5 Å². The Morgan fingerprint density at radius 2 is 1.74 bits per heavy atom. The van der Waals surface area contributed by atoms with Crippen molar-refractivity contribution in [1.29, 1.82) is 0 Å². The van der Waals surface area contributed by atoms with Gasteiger partial charge in [0, 0.05) is 24.2 Å². The first-order valence-corrected chi connectivity index (χ1v) is 10.3. The minimum Gasteiger partial charge on any atom is -0.406 e. The second-order valence-electron chi connectivity index (χ2n) is 7.37. The monoisotopic (exact) mass is 451 g/mol. The van der Waals surface area contributed by atoms with Gasteiger partial charge in [0.05, 0.1) is 10.5 Å². The summed E-state index contributed by atoms with van der Waals surface area (Å²) in [4.78, 5) is 10.8. The third kappa shape index (κ3) is 5.32. The van der Waals surface area contributed by atoms with E-state index in [-0.39, 0.29) is 5.75 Å². The van der Waals surface area contributed by atoms with E-state index in [0.717, 1.165) is 36.9 Å². The van der Waals surface area contributed by atoms with E-state index in [1.807, 2.05) is 24.1 Å². The van der Waals surface area contributed by atoms with E-state index in [4.69, 9.17) is 16.4 Å². The summed E-state index contributed by atoms with van der Waals surface area (Å²) in [6.45, 7) is 3.65. The van der Waals surface area contributed by atoms with Crippen molar-refractivity contribution in [2.24, 2.45) is 0 Å². The minimum absolute atomic E-state index is 0.288. The van der Waals surface area contributed by atoms with Gasteiger partial charge in [-0.15, -0.1) is 18.2 Å². The predicted molar refractivity (Wildman–Crippen MR) is 114 cm³/mol. The fourth-order valence-corrected chi connectivity index (χ4v) is 3.69. The lowest BCUT2D eigenvalue weighted by atomic mass is 10.1. The van der Waals surface area contributed by atoms with Gasteiger partial charge < -0.3 is 14.9 Å². The largest absolute Gasteiger partial charge is 0.573 e. The molecule has 2 heterocycles. The summed E-state index contributed by atoms with van der Waals surface area (Å²) in [6.07, 6.45) is -1.32. The van der Waals surface area contributed by atoms with Crippen molar-refractivity contribution in [2.75, 3.05) is 18.4 Å². The number of nitrogens with zero attached hydrogens (tertiary/aromatic N) is 2. The van der Waals surface area contributed by atoms with Crippen LogP contribution in [0.25, 0.3) is 10.9 Å². The number of alkyl halides is 3. The summed E-state index contributed by atoms with van der Waals surface area (Å²) in [5.41, 5.74) is 2.00. The topological polar surface area (TPSA) is 46.6 Å². The van der Waals surface area contributed by atoms with Gasteiger partial charge in [0.1, 0.15) is 11.6 Å². The number of aromatic nitrogens is 1. The van der Waals surface area contributed by atoms with Gasteiger partial charge in [-0.2, -0.15) is 0 Å². The first-order valence-electron chi connectivity index (χ1n) is 9.94. The number of piperidine rings is 1. The molecule has 164 valence electrons. The molecule has 0 saturated carbocycles. The number of aryl methyl sites for hydroxylation is 1. The highest BCUT2D eigenvalue weighted by Crippen LogP contribution is 2.35. The van der Waals surface area contributed by atoms with Crippen LogP contribution in [0.5, 0.6) is 11.5 Å². The SMILES string of the molecule is Cc1cc2c(ON3CCCCC3)ccc(Cl)c2nc1Nc1ccc(OC(F)(F)F)cc1. The quantitative estimate of drug-likeness (QED) is 0.472. The molecule has 1 N–H and O–H groups in total. The van der Waals surface area contributed by atoms with Crippen LogP contribution in [0.2, 0.25) is 5.02 Å². The maximum Gasteiger partial charge on any atom is 0.573 e. The fraction of sp³-hybridized carbons (Fsp3) is 0.318. The maximum absolute atomic E-state index is 12.3. The molecule has 0 atom stereocenters. The average molecular weight is 452 g/mol. The zero-order chi connectivity index (χ0) is 22.0. The molecule has 1 aromatic heterocycles. The van der Waals surface area contributed by atoms with E-state index in [2.05, 4.69) is 15.0 Å². The summed E-state index contributed by atoms with van der Waals surface area (Å²) in [5, 5.41) is 6.37. The number of anilines is 2. The van der Waals surface area contributed by atoms with Crippen molar-refractivity contribution in [3.63, 3.8) is 0 Å². The number of fused-ring (bicyclic) bond motifs is 1. The number of hydrogen-bond acceptors (Lipinski definition) is 5. The Morgan fingerprint density at radius 3 is 2.42 bits per heavy atom. The molecule has 4 rings (SSSR count). The molecule has 1 saturated heterocycles. The molecular weight excluding hydrogens is 431 g/mol. The smallest absolute Gasteiger partial charge is 0.406 e. The molecule has 1 aliphatic rings. The second kappa shape index (κ2) is 8.80. The molecule has 2 aromatic carbocycles. The number of ether oxygens (including phenoxy) is 1. The van der Waals surface area contributed by atoms with Gasteiger partial charge in [-0.1, -0.05) is 18.0 Å². The average Bonchev–Trinajstić information content (AvgIpc) is 2.72. The Labute approximate surface area is 182 Å². The van der Waals surface area contributed by atoms with Crippen molar-refractivity contribution in [3.8, 4) is 11.5 Å². The van der Waals surface area contributed by atoms with E-state index in [1.54, 1.807) is 6.07 Å². The van der Waals surface area contributed by atoms with Crippen molar-refractivity contribution < 1.29 is 22.7 Å². The third-order valence-corrected chi connectivity index (χ3v) is 5.28. The molecule has 1 aliphatic heterocycles. The van der Waals surface area contributed by atoms with Crippen LogP contribution in [0.1, 0.15) is 24.8 Å². The number of hydroxylamine groups is 2. The van der Waals surface area contributed by atoms with Gasteiger partial charge in [0.2, 0.25) is 0 Å². The van der Waals surface area contributed by atoms with Gasteiger partial charge in [-0.05, 0) is 67.8 Å². The lowest BCUT2D eigenvalue weighted by molar-refractivity contribution is -0.274. The van der Waals surface area contributed by atoms with Crippen LogP contribution in [0, 0.1) is 6.92 Å². The number of hydrogen-bond donors (Lipinski definition) is 1. The first-order chi connectivity index (χ1) is 14.8. The summed E-state index contributed by atoms with van der Waals surface area (Å²) >= 11 is 6.40. The highest BCUT2D eigenvalue weighted by molar-refractivity contribution is 6.35. The van der Waals surface area contributed by atoms with E-state index < -0.39 is 6.36 Å². The Balaban J connectivity index is 1.59. The summed E-state index contributed by atoms with van der Waals surface area (Å²) < 4.78 is 40.9. The molecule has 0 amide bonds. The molecule has 0 bridgehead atoms. The third-order valence-electron chi connectivity index (χ3n) is 4.98. The van der Waals surface area contributed by atoms with E-state index in [0.29, 0.717) is 27.8 Å². The van der Waals surface area contributed by atoms with Gasteiger partial charge in [0.15, 0.2) is 5.75 Å². The van der Waals surface area contributed by atoms with Gasteiger partial charge in [0.25, 0.3) is 0 Å². The van der Waals surface area contributed by atoms with E-state index >= 15 is 0 Å². The van der Waals surface area contributed by atoms with Crippen LogP contribution in [0.3, 0.4) is 0 Å². The Hall–Kier alpha value is -2.71. The van der Waals surface area contributed by atoms with E-state index in [1.165, 1.54) is 30.7 Å². The summed E-state index contributed by atoms with van der Waals surface area (Å²) in [5.74, 6) is 0.954. The molecule has 31 heavy (non-hydrogen) atoms. The number of pyridine rings is 1. The lowest BCUT2D eigenvalue weighted by Crippen LogP contribution is -2.32. The number of benzene rings is 2. The zero-order valence-electron chi connectivity index (χ0n) is 16.8. The van der Waals surface area contributed by atoms with Crippen molar-refractivity contribution in [1.82, 2.24) is 10.0 Å². The van der Waals surface area contributed by atoms with Crippen molar-refractivity contribution in [2.45, 2.75) is 32.5 Å². The first kappa shape index (κ1) is 21.5. The lowest BCUT2D eigenvalue weighted by Gasteiger charge is -2.26. The number of nitrogens with one attached hydrogen (secondary N) is 1. The fourth-order valence-electron chi connectivity index (χ4n) is 3.48. The predicted octanol–water partition coefficient (Wildman–Crippen LogP) is 6.62. The van der Waals surface area contributed by atoms with Crippen LogP contribution >= 0.6 is 11.6 Å². The molecule has 1 fully saturated rings. The molecule has 3 aromatic rings. The molecule has 0 spiro atoms. The normalized spacial score (nSPS) is 15.1. The molecule has 0 aliphatic carbocycles. The number of rotatable bonds is 5. The van der Waals surface area contributed by atoms with Gasteiger partial charge in [-0.3, -0.25) is 0 Å². The Kier molecular flexibility index (Phi) is 6.11. The zero-order valence-corrected chi connectivity index (χ0v) is 17.6. The number of halogens is 4. The van der Waals surface area contributed by atoms with Gasteiger partial charge >= 0.3 is 6.36 Å². The Bertz CT molecular complexity index is 1070. The Morgan fingerprint density at radius 1 is 1.03 bits per heavy atom. The summed E-state index contributed by atoms with van der Waals surface area (Å²) in [7, 11) is 0. The highest BCUT2D eigenvalue weighted by Gasteiger charge is 2.31. The van der Waals surface area contributed by atoms with Gasteiger partial charge in [-0.25, -0.2) is 4.98 Å². The van der Waals surface area contributed by atoms with Crippen LogP contribution < -0.4 is 14.9 Å². The molecule has 0 unspecified atom stereocenters. The molecule has 0 radical (unpaired) electrons. The molecular formula is C22H21ClF3N3O2. The summed E-state index contributed by atoms with van der Waals surface area (Å²) in [6, 6.07) is 11.0. The van der Waals surface area contributed by atoms with E-state index in [9.17, 15) is 13.2 Å². The standard InChI is InChI=1S/C22H21ClF3N3O2/c1-14-13-17-19(31-29-11-3-2-4-12-29)10-9-18(23)20(17)28-21(14)27-15-5-7-16(8-6-15)30-22(24,25)26/h5-10,13H,2-4,11-12H2,1H3,(H,27,28). The highest BCUT2D eigenvalue weighted by atomic mass is 35.5. The van der Waals surface area contributed by atoms with Crippen LogP contribution in [0.4, 0.5) is 24.7 Å². The molecule has 5 nitrogen and oxygen atoms in total. The van der Waals surface area contributed by atoms with Crippen molar-refractivity contribution in [3.05, 3.63) is 53.1 Å². The van der Waals surface area contributed by atoms with Crippen LogP contribution in [-0.2, 0) is 0 Å². The molecule has 9 heteroatoms. The minimum atomic E-state index is -4.73. The maximum atomic E-state index is 12.3. The van der Waals surface area contributed by atoms with Crippen molar-refractivity contribution >= 4 is 34.0 Å². The second-order valence-corrected chi connectivity index (χ2v) is 7.78.